The van der Waals surface area contributed by atoms with Crippen molar-refractivity contribution >= 4 is 11.0 Å². The van der Waals surface area contributed by atoms with E-state index in [-0.39, 0.29) is 0 Å². The van der Waals surface area contributed by atoms with E-state index in [0.717, 1.165) is 25.1 Å². The molecule has 1 aromatic carbocycles. The lowest BCUT2D eigenvalue weighted by atomic mass is 9.96. The van der Waals surface area contributed by atoms with Crippen LogP contribution >= 0.6 is 0 Å². The van der Waals surface area contributed by atoms with E-state index in [2.05, 4.69) is 31.0 Å². The van der Waals surface area contributed by atoms with E-state index in [9.17, 15) is 0 Å². The lowest BCUT2D eigenvalue weighted by Crippen LogP contribution is -2.20. The van der Waals surface area contributed by atoms with Crippen molar-refractivity contribution in [1.82, 2.24) is 4.90 Å². The number of hydrogen-bond donors (Lipinski definition) is 1. The summed E-state index contributed by atoms with van der Waals surface area (Å²) in [6, 6.07) is 6.83. The van der Waals surface area contributed by atoms with E-state index >= 15 is 0 Å². The molecule has 1 aliphatic heterocycles. The molecule has 0 bridgehead atoms. The van der Waals surface area contributed by atoms with Crippen LogP contribution in [-0.2, 0) is 0 Å². The zero-order chi connectivity index (χ0) is 12.7. The summed E-state index contributed by atoms with van der Waals surface area (Å²) >= 11 is 0. The first-order chi connectivity index (χ1) is 8.70. The van der Waals surface area contributed by atoms with Crippen molar-refractivity contribution in [3.8, 4) is 0 Å². The molecule has 1 fully saturated rings. The maximum atomic E-state index is 5.81. The first-order valence-electron chi connectivity index (χ1n) is 6.57. The van der Waals surface area contributed by atoms with Gasteiger partial charge in [0.05, 0.1) is 6.26 Å². The first-order valence-corrected chi connectivity index (χ1v) is 6.57. The minimum absolute atomic E-state index is 0.471. The first kappa shape index (κ1) is 11.8. The number of nitrogens with two attached hydrogens (primary N) is 1. The topological polar surface area (TPSA) is 42.4 Å². The number of fused-ring (bicyclic) bond motifs is 1. The summed E-state index contributed by atoms with van der Waals surface area (Å²) in [6.45, 7) is 3.99. The molecule has 0 aliphatic carbocycles. The Kier molecular flexibility index (Phi) is 2.88. The molecule has 96 valence electrons. The molecular weight excluding hydrogens is 224 g/mol. The van der Waals surface area contributed by atoms with Gasteiger partial charge in [-0.25, -0.2) is 0 Å². The largest absolute Gasteiger partial charge is 0.464 e. The number of nitrogens with zero attached hydrogens (tertiary/aromatic N) is 1. The van der Waals surface area contributed by atoms with Crippen molar-refractivity contribution in [3.05, 3.63) is 35.6 Å². The van der Waals surface area contributed by atoms with Crippen LogP contribution in [0.3, 0.4) is 0 Å². The highest BCUT2D eigenvalue weighted by Gasteiger charge is 2.31. The molecule has 2 unspecified atom stereocenters. The summed E-state index contributed by atoms with van der Waals surface area (Å²) in [7, 11) is 2.19. The molecule has 18 heavy (non-hydrogen) atoms. The summed E-state index contributed by atoms with van der Waals surface area (Å²) < 4.78 is 5.59. The van der Waals surface area contributed by atoms with Crippen molar-refractivity contribution in [1.29, 1.82) is 0 Å². The van der Waals surface area contributed by atoms with Gasteiger partial charge < -0.3 is 10.2 Å². The van der Waals surface area contributed by atoms with E-state index in [1.165, 1.54) is 16.5 Å². The van der Waals surface area contributed by atoms with Gasteiger partial charge in [0.25, 0.3) is 0 Å². The molecule has 3 rings (SSSR count). The Hall–Kier alpha value is -1.32. The molecule has 1 aromatic heterocycles. The fraction of sp³-hybridized carbons (Fsp3) is 0.467. The number of rotatable bonds is 2. The number of hydrogen-bond acceptors (Lipinski definition) is 3. The van der Waals surface area contributed by atoms with Gasteiger partial charge in [0.2, 0.25) is 0 Å². The van der Waals surface area contributed by atoms with Crippen LogP contribution in [0.1, 0.15) is 23.6 Å². The molecule has 3 heteroatoms. The van der Waals surface area contributed by atoms with Crippen LogP contribution in [0.4, 0.5) is 0 Å². The van der Waals surface area contributed by atoms with Gasteiger partial charge in [-0.2, -0.15) is 0 Å². The molecule has 3 nitrogen and oxygen atoms in total. The summed E-state index contributed by atoms with van der Waals surface area (Å²) in [5, 5.41) is 1.28. The number of furan rings is 1. The lowest BCUT2D eigenvalue weighted by Gasteiger charge is -2.20. The molecule has 0 radical (unpaired) electrons. The fourth-order valence-corrected chi connectivity index (χ4v) is 3.20. The van der Waals surface area contributed by atoms with Crippen molar-refractivity contribution in [2.45, 2.75) is 19.4 Å². The number of likely N-dealkylation sites (tertiary alicyclic amines) is 1. The molecule has 2 heterocycles. The van der Waals surface area contributed by atoms with Gasteiger partial charge in [-0.1, -0.05) is 12.1 Å². The van der Waals surface area contributed by atoms with Gasteiger partial charge in [-0.3, -0.25) is 4.90 Å². The predicted octanol–water partition coefficient (Wildman–Crippen LogP) is 2.69. The average molecular weight is 244 g/mol. The van der Waals surface area contributed by atoms with Crippen LogP contribution in [0.25, 0.3) is 11.0 Å². The Morgan fingerprint density at radius 3 is 3.00 bits per heavy atom. The van der Waals surface area contributed by atoms with Crippen molar-refractivity contribution in [3.63, 3.8) is 0 Å². The molecule has 1 aliphatic rings. The number of aryl methyl sites for hydroxylation is 1. The van der Waals surface area contributed by atoms with Crippen molar-refractivity contribution < 1.29 is 4.42 Å². The van der Waals surface area contributed by atoms with E-state index in [1.807, 2.05) is 12.3 Å². The molecular formula is C15H20N2O. The van der Waals surface area contributed by atoms with E-state index in [4.69, 9.17) is 10.2 Å². The molecule has 0 amide bonds. The van der Waals surface area contributed by atoms with Crippen molar-refractivity contribution in [2.75, 3.05) is 20.1 Å². The predicted molar refractivity (Wildman–Crippen MR) is 73.5 cm³/mol. The van der Waals surface area contributed by atoms with Crippen molar-refractivity contribution in [2.24, 2.45) is 11.7 Å². The van der Waals surface area contributed by atoms with Crippen LogP contribution in [-0.4, -0.2) is 25.0 Å². The SMILES string of the molecule is Cc1coc2cccc(C3CC(CN)CN3C)c12. The molecule has 2 N–H and O–H groups in total. The van der Waals surface area contributed by atoms with Gasteiger partial charge >= 0.3 is 0 Å². The summed E-state index contributed by atoms with van der Waals surface area (Å²) in [5.74, 6) is 0.613. The Balaban J connectivity index is 2.06. The van der Waals surface area contributed by atoms with E-state index < -0.39 is 0 Å². The van der Waals surface area contributed by atoms with E-state index in [1.54, 1.807) is 0 Å². The third kappa shape index (κ3) is 1.74. The standard InChI is InChI=1S/C15H20N2O/c1-10-9-18-14-5-3-4-12(15(10)14)13-6-11(7-16)8-17(13)2/h3-5,9,11,13H,6-8,16H2,1-2H3. The molecule has 2 atom stereocenters. The maximum Gasteiger partial charge on any atom is 0.134 e. The average Bonchev–Trinajstić information content (AvgIpc) is 2.93. The van der Waals surface area contributed by atoms with Crippen LogP contribution in [0, 0.1) is 12.8 Å². The molecule has 2 aromatic rings. The van der Waals surface area contributed by atoms with Crippen LogP contribution in [0.15, 0.2) is 28.9 Å². The van der Waals surface area contributed by atoms with Crippen LogP contribution < -0.4 is 5.73 Å². The minimum Gasteiger partial charge on any atom is -0.464 e. The smallest absolute Gasteiger partial charge is 0.134 e. The summed E-state index contributed by atoms with van der Waals surface area (Å²) in [6.07, 6.45) is 3.00. The summed E-state index contributed by atoms with van der Waals surface area (Å²) in [5.41, 5.74) is 9.42. The van der Waals surface area contributed by atoms with Gasteiger partial charge in [-0.05, 0) is 50.0 Å². The highest BCUT2D eigenvalue weighted by atomic mass is 16.3. The second-order valence-corrected chi connectivity index (χ2v) is 5.43. The molecule has 1 saturated heterocycles. The van der Waals surface area contributed by atoms with Gasteiger partial charge in [0.1, 0.15) is 5.58 Å². The van der Waals surface area contributed by atoms with Gasteiger partial charge in [0.15, 0.2) is 0 Å². The Labute approximate surface area is 108 Å². The third-order valence-corrected chi connectivity index (χ3v) is 4.14. The zero-order valence-electron chi connectivity index (χ0n) is 11.0. The molecule has 0 spiro atoms. The second kappa shape index (κ2) is 4.41. The maximum absolute atomic E-state index is 5.81. The second-order valence-electron chi connectivity index (χ2n) is 5.43. The Morgan fingerprint density at radius 2 is 2.28 bits per heavy atom. The highest BCUT2D eigenvalue weighted by Crippen LogP contribution is 2.38. The number of benzene rings is 1. The fourth-order valence-electron chi connectivity index (χ4n) is 3.20. The highest BCUT2D eigenvalue weighted by molar-refractivity contribution is 5.85. The third-order valence-electron chi connectivity index (χ3n) is 4.14. The van der Waals surface area contributed by atoms with Gasteiger partial charge in [0, 0.05) is 18.0 Å². The van der Waals surface area contributed by atoms with Gasteiger partial charge in [-0.15, -0.1) is 0 Å². The zero-order valence-corrected chi connectivity index (χ0v) is 11.0. The van der Waals surface area contributed by atoms with Crippen LogP contribution in [0.2, 0.25) is 0 Å². The lowest BCUT2D eigenvalue weighted by molar-refractivity contribution is 0.315. The normalized spacial score (nSPS) is 25.1. The monoisotopic (exact) mass is 244 g/mol. The Morgan fingerprint density at radius 1 is 1.44 bits per heavy atom. The Bertz CT molecular complexity index is 561. The quantitative estimate of drug-likeness (QED) is 0.883. The van der Waals surface area contributed by atoms with Crippen LogP contribution in [0.5, 0.6) is 0 Å². The molecule has 0 saturated carbocycles. The van der Waals surface area contributed by atoms with E-state index in [0.29, 0.717) is 12.0 Å². The minimum atomic E-state index is 0.471. The summed E-state index contributed by atoms with van der Waals surface area (Å²) in [4.78, 5) is 2.42.